The van der Waals surface area contributed by atoms with Gasteiger partial charge in [0.2, 0.25) is 0 Å². The van der Waals surface area contributed by atoms with E-state index in [1.165, 1.54) is 25.9 Å². The van der Waals surface area contributed by atoms with Crippen LogP contribution in [0.4, 0.5) is 11.4 Å². The van der Waals surface area contributed by atoms with Crippen LogP contribution in [-0.4, -0.2) is 43.2 Å². The molecule has 1 unspecified atom stereocenters. The zero-order valence-electron chi connectivity index (χ0n) is 12.9. The van der Waals surface area contributed by atoms with E-state index in [4.69, 9.17) is 10.5 Å². The van der Waals surface area contributed by atoms with Gasteiger partial charge in [0.25, 0.3) is 0 Å². The lowest BCUT2D eigenvalue weighted by Gasteiger charge is -2.24. The first-order valence-electron chi connectivity index (χ1n) is 7.66. The number of carbonyl (C=O) groups excluding carboxylic acids is 1. The molecule has 5 heteroatoms. The summed E-state index contributed by atoms with van der Waals surface area (Å²) in [6.45, 7) is 7.53. The molecular formula is C16H25N3O2. The van der Waals surface area contributed by atoms with Gasteiger partial charge in [-0.1, -0.05) is 0 Å². The second-order valence-corrected chi connectivity index (χ2v) is 5.50. The van der Waals surface area contributed by atoms with E-state index >= 15 is 0 Å². The Labute approximate surface area is 126 Å². The predicted octanol–water partition coefficient (Wildman–Crippen LogP) is 2.34. The summed E-state index contributed by atoms with van der Waals surface area (Å²) in [5.74, 6) is -0.312. The first-order valence-corrected chi connectivity index (χ1v) is 7.66. The number of esters is 1. The fraction of sp³-hybridized carbons (Fsp3) is 0.562. The molecule has 1 aliphatic rings. The number of nitrogens with zero attached hydrogens (tertiary/aromatic N) is 1. The molecule has 2 rings (SSSR count). The number of nitrogens with one attached hydrogen (secondary N) is 1. The van der Waals surface area contributed by atoms with E-state index in [0.29, 0.717) is 23.9 Å². The van der Waals surface area contributed by atoms with E-state index in [0.717, 1.165) is 12.2 Å². The van der Waals surface area contributed by atoms with E-state index in [2.05, 4.69) is 17.1 Å². The van der Waals surface area contributed by atoms with Gasteiger partial charge in [0, 0.05) is 12.6 Å². The molecule has 1 saturated heterocycles. The van der Waals surface area contributed by atoms with Gasteiger partial charge in [0.15, 0.2) is 0 Å². The van der Waals surface area contributed by atoms with E-state index in [1.807, 2.05) is 0 Å². The van der Waals surface area contributed by atoms with Gasteiger partial charge in [-0.25, -0.2) is 4.79 Å². The van der Waals surface area contributed by atoms with Crippen molar-refractivity contribution in [3.63, 3.8) is 0 Å². The Kier molecular flexibility index (Phi) is 5.44. The van der Waals surface area contributed by atoms with Gasteiger partial charge >= 0.3 is 5.97 Å². The van der Waals surface area contributed by atoms with Gasteiger partial charge in [-0.2, -0.15) is 0 Å². The summed E-state index contributed by atoms with van der Waals surface area (Å²) in [4.78, 5) is 14.2. The topological polar surface area (TPSA) is 67.6 Å². The lowest BCUT2D eigenvalue weighted by molar-refractivity contribution is 0.0526. The fourth-order valence-corrected chi connectivity index (χ4v) is 2.62. The lowest BCUT2D eigenvalue weighted by atomic mass is 10.1. The number of anilines is 2. The molecular weight excluding hydrogens is 266 g/mol. The van der Waals surface area contributed by atoms with E-state index in [9.17, 15) is 4.79 Å². The van der Waals surface area contributed by atoms with Crippen molar-refractivity contribution < 1.29 is 9.53 Å². The Morgan fingerprint density at radius 3 is 2.81 bits per heavy atom. The molecule has 1 aromatic carbocycles. The highest BCUT2D eigenvalue weighted by atomic mass is 16.5. The number of ether oxygens (including phenoxy) is 1. The van der Waals surface area contributed by atoms with E-state index < -0.39 is 0 Å². The van der Waals surface area contributed by atoms with Gasteiger partial charge in [-0.05, 0) is 58.0 Å². The Bertz CT molecular complexity index is 484. The van der Waals surface area contributed by atoms with Gasteiger partial charge in [0.1, 0.15) is 0 Å². The standard InChI is InChI=1S/C16H25N3O2/c1-3-21-16(20)13-6-7-14(17)15(10-13)18-11-12(2)19-8-4-5-9-19/h6-7,10,12,18H,3-5,8-9,11,17H2,1-2H3. The summed E-state index contributed by atoms with van der Waals surface area (Å²) in [6, 6.07) is 5.67. The Hall–Kier alpha value is -1.75. The minimum Gasteiger partial charge on any atom is -0.462 e. The highest BCUT2D eigenvalue weighted by Gasteiger charge is 2.18. The summed E-state index contributed by atoms with van der Waals surface area (Å²) in [6.07, 6.45) is 2.57. The van der Waals surface area contributed by atoms with Crippen LogP contribution in [0.5, 0.6) is 0 Å². The molecule has 0 spiro atoms. The summed E-state index contributed by atoms with van der Waals surface area (Å²) >= 11 is 0. The second-order valence-electron chi connectivity index (χ2n) is 5.50. The quantitative estimate of drug-likeness (QED) is 0.622. The van der Waals surface area contributed by atoms with Crippen LogP contribution < -0.4 is 11.1 Å². The first-order chi connectivity index (χ1) is 10.1. The van der Waals surface area contributed by atoms with E-state index in [-0.39, 0.29) is 5.97 Å². The van der Waals surface area contributed by atoms with Crippen molar-refractivity contribution in [3.05, 3.63) is 23.8 Å². The maximum atomic E-state index is 11.8. The van der Waals surface area contributed by atoms with Crippen LogP contribution in [0.1, 0.15) is 37.0 Å². The van der Waals surface area contributed by atoms with Crippen LogP contribution in [0.3, 0.4) is 0 Å². The van der Waals surface area contributed by atoms with Crippen molar-refractivity contribution in [1.29, 1.82) is 0 Å². The monoisotopic (exact) mass is 291 g/mol. The molecule has 1 heterocycles. The summed E-state index contributed by atoms with van der Waals surface area (Å²) < 4.78 is 5.01. The number of rotatable bonds is 6. The fourth-order valence-electron chi connectivity index (χ4n) is 2.62. The molecule has 0 aromatic heterocycles. The summed E-state index contributed by atoms with van der Waals surface area (Å²) in [5.41, 5.74) is 7.95. The molecule has 116 valence electrons. The molecule has 1 aliphatic heterocycles. The third-order valence-electron chi connectivity index (χ3n) is 3.92. The number of nitrogen functional groups attached to an aromatic ring is 1. The van der Waals surface area contributed by atoms with Crippen LogP contribution in [0, 0.1) is 0 Å². The van der Waals surface area contributed by atoms with Crippen molar-refractivity contribution in [2.45, 2.75) is 32.7 Å². The smallest absolute Gasteiger partial charge is 0.338 e. The summed E-state index contributed by atoms with van der Waals surface area (Å²) in [7, 11) is 0. The van der Waals surface area contributed by atoms with Gasteiger partial charge in [-0.15, -0.1) is 0 Å². The van der Waals surface area contributed by atoms with Crippen molar-refractivity contribution in [2.24, 2.45) is 0 Å². The highest BCUT2D eigenvalue weighted by molar-refractivity contribution is 5.92. The summed E-state index contributed by atoms with van der Waals surface area (Å²) in [5, 5.41) is 3.35. The van der Waals surface area contributed by atoms with Crippen LogP contribution in [-0.2, 0) is 4.74 Å². The number of carbonyl (C=O) groups is 1. The second kappa shape index (κ2) is 7.31. The lowest BCUT2D eigenvalue weighted by Crippen LogP contribution is -2.35. The molecule has 0 amide bonds. The average molecular weight is 291 g/mol. The maximum absolute atomic E-state index is 11.8. The predicted molar refractivity (Wildman–Crippen MR) is 85.6 cm³/mol. The SMILES string of the molecule is CCOC(=O)c1ccc(N)c(NCC(C)N2CCCC2)c1. The number of hydrogen-bond donors (Lipinski definition) is 2. The third kappa shape index (κ3) is 4.11. The van der Waals surface area contributed by atoms with Crippen LogP contribution >= 0.6 is 0 Å². The van der Waals surface area contributed by atoms with Gasteiger partial charge < -0.3 is 15.8 Å². The number of nitrogens with two attached hydrogens (primary N) is 1. The van der Waals surface area contributed by atoms with Gasteiger partial charge in [0.05, 0.1) is 23.5 Å². The molecule has 3 N–H and O–H groups in total. The minimum absolute atomic E-state index is 0.312. The Morgan fingerprint density at radius 1 is 1.43 bits per heavy atom. The Balaban J connectivity index is 1.98. The molecule has 21 heavy (non-hydrogen) atoms. The molecule has 1 aromatic rings. The molecule has 5 nitrogen and oxygen atoms in total. The molecule has 1 fully saturated rings. The average Bonchev–Trinajstić information content (AvgIpc) is 3.00. The molecule has 0 bridgehead atoms. The number of benzene rings is 1. The maximum Gasteiger partial charge on any atom is 0.338 e. The third-order valence-corrected chi connectivity index (χ3v) is 3.92. The van der Waals surface area contributed by atoms with Crippen molar-refractivity contribution in [1.82, 2.24) is 4.90 Å². The zero-order valence-corrected chi connectivity index (χ0v) is 12.9. The molecule has 0 aliphatic carbocycles. The van der Waals surface area contributed by atoms with Crippen LogP contribution in [0.25, 0.3) is 0 Å². The van der Waals surface area contributed by atoms with Crippen molar-refractivity contribution in [3.8, 4) is 0 Å². The number of hydrogen-bond acceptors (Lipinski definition) is 5. The number of likely N-dealkylation sites (tertiary alicyclic amines) is 1. The zero-order chi connectivity index (χ0) is 15.2. The molecule has 0 radical (unpaired) electrons. The van der Waals surface area contributed by atoms with E-state index in [1.54, 1.807) is 25.1 Å². The highest BCUT2D eigenvalue weighted by Crippen LogP contribution is 2.21. The van der Waals surface area contributed by atoms with Crippen LogP contribution in [0.2, 0.25) is 0 Å². The van der Waals surface area contributed by atoms with Crippen molar-refractivity contribution >= 4 is 17.3 Å². The molecule has 0 saturated carbocycles. The normalized spacial score (nSPS) is 16.7. The van der Waals surface area contributed by atoms with Crippen LogP contribution in [0.15, 0.2) is 18.2 Å². The van der Waals surface area contributed by atoms with Gasteiger partial charge in [-0.3, -0.25) is 4.90 Å². The van der Waals surface area contributed by atoms with Crippen molar-refractivity contribution in [2.75, 3.05) is 37.3 Å². The Morgan fingerprint density at radius 2 is 2.14 bits per heavy atom. The molecule has 1 atom stereocenters. The largest absolute Gasteiger partial charge is 0.462 e. The first kappa shape index (κ1) is 15.6. The minimum atomic E-state index is -0.312.